The molecule has 0 bridgehead atoms. The lowest BCUT2D eigenvalue weighted by atomic mass is 10.3. The van der Waals surface area contributed by atoms with Crippen molar-refractivity contribution in [3.05, 3.63) is 22.8 Å². The molecule has 0 saturated carbocycles. The lowest BCUT2D eigenvalue weighted by Crippen LogP contribution is -2.04. The van der Waals surface area contributed by atoms with Gasteiger partial charge in [-0.15, -0.1) is 0 Å². The van der Waals surface area contributed by atoms with Crippen molar-refractivity contribution < 1.29 is 0 Å². The summed E-state index contributed by atoms with van der Waals surface area (Å²) in [4.78, 5) is 4.16. The second-order valence-electron chi connectivity index (χ2n) is 2.80. The zero-order chi connectivity index (χ0) is 9.68. The predicted octanol–water partition coefficient (Wildman–Crippen LogP) is 2.02. The van der Waals surface area contributed by atoms with Crippen LogP contribution >= 0.6 is 11.6 Å². The number of pyridine rings is 1. The van der Waals surface area contributed by atoms with Crippen LogP contribution in [0, 0.1) is 0 Å². The molecule has 4 heteroatoms. The highest BCUT2D eigenvalue weighted by molar-refractivity contribution is 6.32. The maximum absolute atomic E-state index is 5.96. The van der Waals surface area contributed by atoms with Crippen LogP contribution in [-0.2, 0) is 6.54 Å². The lowest BCUT2D eigenvalue weighted by molar-refractivity contribution is 0.964. The molecule has 0 unspecified atom stereocenters. The number of rotatable bonds is 4. The predicted molar refractivity (Wildman–Crippen MR) is 55.9 cm³/mol. The summed E-state index contributed by atoms with van der Waals surface area (Å²) in [7, 11) is 0. The van der Waals surface area contributed by atoms with Gasteiger partial charge in [0.1, 0.15) is 5.82 Å². The maximum atomic E-state index is 5.96. The Kier molecular flexibility index (Phi) is 3.99. The van der Waals surface area contributed by atoms with Gasteiger partial charge in [-0.3, -0.25) is 0 Å². The number of nitrogens with one attached hydrogen (secondary N) is 1. The molecule has 0 aliphatic rings. The van der Waals surface area contributed by atoms with Crippen LogP contribution in [0.5, 0.6) is 0 Å². The third-order valence-corrected chi connectivity index (χ3v) is 1.96. The quantitative estimate of drug-likeness (QED) is 0.780. The zero-order valence-electron chi connectivity index (χ0n) is 7.68. The highest BCUT2D eigenvalue weighted by Gasteiger charge is 2.01. The van der Waals surface area contributed by atoms with E-state index in [1.54, 1.807) is 6.20 Å². The van der Waals surface area contributed by atoms with Crippen molar-refractivity contribution in [3.63, 3.8) is 0 Å². The molecule has 1 aromatic heterocycles. The molecular formula is C9H14ClN3. The molecule has 0 aromatic carbocycles. The number of nitrogens with zero attached hydrogens (tertiary/aromatic N) is 1. The molecule has 0 fully saturated rings. The average molecular weight is 200 g/mol. The first-order valence-corrected chi connectivity index (χ1v) is 4.74. The molecular weight excluding hydrogens is 186 g/mol. The fourth-order valence-electron chi connectivity index (χ4n) is 0.963. The van der Waals surface area contributed by atoms with Gasteiger partial charge in [0.25, 0.3) is 0 Å². The SMILES string of the molecule is CCCNc1ncc(CN)cc1Cl. The Bertz CT molecular complexity index is 276. The number of aromatic nitrogens is 1. The molecule has 0 radical (unpaired) electrons. The van der Waals surface area contributed by atoms with Gasteiger partial charge >= 0.3 is 0 Å². The van der Waals surface area contributed by atoms with E-state index in [0.29, 0.717) is 11.6 Å². The Labute approximate surface area is 83.3 Å². The van der Waals surface area contributed by atoms with Gasteiger partial charge in [-0.2, -0.15) is 0 Å². The fraction of sp³-hybridized carbons (Fsp3) is 0.444. The van der Waals surface area contributed by atoms with Crippen molar-refractivity contribution in [2.24, 2.45) is 5.73 Å². The summed E-state index contributed by atoms with van der Waals surface area (Å²) < 4.78 is 0. The number of hydrogen-bond donors (Lipinski definition) is 2. The molecule has 0 amide bonds. The molecule has 0 saturated heterocycles. The van der Waals surface area contributed by atoms with Gasteiger partial charge in [-0.25, -0.2) is 4.98 Å². The third-order valence-electron chi connectivity index (χ3n) is 1.68. The Hall–Kier alpha value is -0.800. The number of nitrogens with two attached hydrogens (primary N) is 1. The van der Waals surface area contributed by atoms with E-state index in [1.807, 2.05) is 6.07 Å². The molecule has 0 spiro atoms. The molecule has 1 heterocycles. The highest BCUT2D eigenvalue weighted by Crippen LogP contribution is 2.19. The summed E-state index contributed by atoms with van der Waals surface area (Å²) in [5, 5.41) is 3.77. The summed E-state index contributed by atoms with van der Waals surface area (Å²) in [5.74, 6) is 0.737. The van der Waals surface area contributed by atoms with Gasteiger partial charge < -0.3 is 11.1 Å². The van der Waals surface area contributed by atoms with Crippen molar-refractivity contribution in [1.29, 1.82) is 0 Å². The van der Waals surface area contributed by atoms with Crippen molar-refractivity contribution in [1.82, 2.24) is 4.98 Å². The first-order chi connectivity index (χ1) is 6.27. The van der Waals surface area contributed by atoms with Crippen LogP contribution in [-0.4, -0.2) is 11.5 Å². The second kappa shape index (κ2) is 5.04. The fourth-order valence-corrected chi connectivity index (χ4v) is 1.22. The van der Waals surface area contributed by atoms with Crippen molar-refractivity contribution in [2.45, 2.75) is 19.9 Å². The largest absolute Gasteiger partial charge is 0.369 e. The normalized spacial score (nSPS) is 10.1. The van der Waals surface area contributed by atoms with E-state index in [4.69, 9.17) is 17.3 Å². The van der Waals surface area contributed by atoms with Crippen LogP contribution in [0.2, 0.25) is 5.02 Å². The van der Waals surface area contributed by atoms with Crippen LogP contribution < -0.4 is 11.1 Å². The first-order valence-electron chi connectivity index (χ1n) is 4.36. The minimum Gasteiger partial charge on any atom is -0.369 e. The topological polar surface area (TPSA) is 50.9 Å². The first kappa shape index (κ1) is 10.3. The Morgan fingerprint density at radius 2 is 2.38 bits per heavy atom. The van der Waals surface area contributed by atoms with Crippen molar-refractivity contribution >= 4 is 17.4 Å². The van der Waals surface area contributed by atoms with Crippen LogP contribution in [0.3, 0.4) is 0 Å². The number of halogens is 1. The monoisotopic (exact) mass is 199 g/mol. The highest BCUT2D eigenvalue weighted by atomic mass is 35.5. The van der Waals surface area contributed by atoms with Gasteiger partial charge in [0.15, 0.2) is 0 Å². The standard InChI is InChI=1S/C9H14ClN3/c1-2-3-12-9-8(10)4-7(5-11)6-13-9/h4,6H,2-3,5,11H2,1H3,(H,12,13). The molecule has 3 N–H and O–H groups in total. The van der Waals surface area contributed by atoms with Crippen LogP contribution in [0.25, 0.3) is 0 Å². The summed E-state index contributed by atoms with van der Waals surface area (Å²) in [6, 6.07) is 1.84. The summed E-state index contributed by atoms with van der Waals surface area (Å²) in [6.45, 7) is 3.45. The van der Waals surface area contributed by atoms with E-state index >= 15 is 0 Å². The molecule has 0 aliphatic carbocycles. The smallest absolute Gasteiger partial charge is 0.144 e. The molecule has 1 aromatic rings. The van der Waals surface area contributed by atoms with Gasteiger partial charge in [0, 0.05) is 19.3 Å². The summed E-state index contributed by atoms with van der Waals surface area (Å²) in [5.41, 5.74) is 6.40. The van der Waals surface area contributed by atoms with Gasteiger partial charge in [-0.05, 0) is 18.1 Å². The number of anilines is 1. The van der Waals surface area contributed by atoms with Gasteiger partial charge in [-0.1, -0.05) is 18.5 Å². The van der Waals surface area contributed by atoms with Crippen LogP contribution in [0.1, 0.15) is 18.9 Å². The minimum absolute atomic E-state index is 0.473. The van der Waals surface area contributed by atoms with E-state index in [-0.39, 0.29) is 0 Å². The van der Waals surface area contributed by atoms with Crippen LogP contribution in [0.4, 0.5) is 5.82 Å². The van der Waals surface area contributed by atoms with E-state index in [1.165, 1.54) is 0 Å². The minimum atomic E-state index is 0.473. The molecule has 72 valence electrons. The molecule has 3 nitrogen and oxygen atoms in total. The maximum Gasteiger partial charge on any atom is 0.144 e. The molecule has 0 atom stereocenters. The van der Waals surface area contributed by atoms with E-state index in [9.17, 15) is 0 Å². The summed E-state index contributed by atoms with van der Waals surface area (Å²) in [6.07, 6.45) is 2.79. The summed E-state index contributed by atoms with van der Waals surface area (Å²) >= 11 is 5.96. The molecule has 13 heavy (non-hydrogen) atoms. The lowest BCUT2D eigenvalue weighted by Gasteiger charge is -2.06. The average Bonchev–Trinajstić information content (AvgIpc) is 2.16. The van der Waals surface area contributed by atoms with E-state index in [2.05, 4.69) is 17.2 Å². The zero-order valence-corrected chi connectivity index (χ0v) is 8.43. The Morgan fingerprint density at radius 1 is 1.62 bits per heavy atom. The Balaban J connectivity index is 2.73. The van der Waals surface area contributed by atoms with Crippen LogP contribution in [0.15, 0.2) is 12.3 Å². The van der Waals surface area contributed by atoms with Gasteiger partial charge in [0.05, 0.1) is 5.02 Å². The van der Waals surface area contributed by atoms with E-state index in [0.717, 1.165) is 24.3 Å². The van der Waals surface area contributed by atoms with Gasteiger partial charge in [0.2, 0.25) is 0 Å². The van der Waals surface area contributed by atoms with E-state index < -0.39 is 0 Å². The molecule has 0 aliphatic heterocycles. The third kappa shape index (κ3) is 2.86. The van der Waals surface area contributed by atoms with Crippen molar-refractivity contribution in [3.8, 4) is 0 Å². The molecule has 1 rings (SSSR count). The number of hydrogen-bond acceptors (Lipinski definition) is 3. The van der Waals surface area contributed by atoms with Crippen molar-refractivity contribution in [2.75, 3.05) is 11.9 Å². The second-order valence-corrected chi connectivity index (χ2v) is 3.21. The Morgan fingerprint density at radius 3 is 2.92 bits per heavy atom.